The molecule has 0 aliphatic carbocycles. The van der Waals surface area contributed by atoms with Crippen molar-refractivity contribution in [1.82, 2.24) is 4.90 Å². The summed E-state index contributed by atoms with van der Waals surface area (Å²) in [5.74, 6) is 0.609. The summed E-state index contributed by atoms with van der Waals surface area (Å²) < 4.78 is -0.221. The first-order chi connectivity index (χ1) is 7.81. The van der Waals surface area contributed by atoms with Gasteiger partial charge in [-0.25, -0.2) is 0 Å². The lowest BCUT2D eigenvalue weighted by Gasteiger charge is -2.46. The molecule has 0 aromatic rings. The maximum Gasteiger partial charge on any atom is 0.230 e. The molecule has 0 spiro atoms. The van der Waals surface area contributed by atoms with Crippen molar-refractivity contribution >= 4 is 35.4 Å². The SMILES string of the molecule is CCC(C)[C@@H]1C(=O)N2[C@@H]1SC(C)(C)[C@@H]2C(=O)S. The third-order valence-corrected chi connectivity index (χ3v) is 5.81. The predicted octanol–water partition coefficient (Wildman–Crippen LogP) is 2.17. The Hall–Kier alpha value is -0.160. The molecule has 0 aromatic heterocycles. The van der Waals surface area contributed by atoms with Crippen molar-refractivity contribution in [3.05, 3.63) is 0 Å². The summed E-state index contributed by atoms with van der Waals surface area (Å²) in [4.78, 5) is 25.5. The molecule has 2 rings (SSSR count). The number of hydrogen-bond donors (Lipinski definition) is 1. The van der Waals surface area contributed by atoms with Gasteiger partial charge in [0.2, 0.25) is 11.0 Å². The minimum Gasteiger partial charge on any atom is -0.317 e. The highest BCUT2D eigenvalue weighted by Gasteiger charge is 2.63. The number of carbonyl (C=O) groups excluding carboxylic acids is 2. The van der Waals surface area contributed by atoms with Crippen LogP contribution in [0.15, 0.2) is 0 Å². The number of fused-ring (bicyclic) bond motifs is 1. The number of thiol groups is 1. The van der Waals surface area contributed by atoms with E-state index in [0.717, 1.165) is 6.42 Å². The normalized spacial score (nSPS) is 36.4. The maximum atomic E-state index is 12.2. The number of carbonyl (C=O) groups is 2. The Morgan fingerprint density at radius 1 is 1.59 bits per heavy atom. The second kappa shape index (κ2) is 4.19. The fourth-order valence-corrected chi connectivity index (χ4v) is 5.20. The first-order valence-corrected chi connectivity index (χ1v) is 7.36. The minimum absolute atomic E-state index is 0.0851. The molecule has 0 saturated carbocycles. The van der Waals surface area contributed by atoms with Gasteiger partial charge in [0.15, 0.2) is 0 Å². The molecule has 4 atom stereocenters. The van der Waals surface area contributed by atoms with E-state index < -0.39 is 0 Å². The molecule has 1 unspecified atom stereocenters. The quantitative estimate of drug-likeness (QED) is 0.632. The average Bonchev–Trinajstić information content (AvgIpc) is 2.46. The van der Waals surface area contributed by atoms with Crippen molar-refractivity contribution in [2.24, 2.45) is 11.8 Å². The van der Waals surface area contributed by atoms with Crippen LogP contribution in [0, 0.1) is 11.8 Å². The van der Waals surface area contributed by atoms with E-state index in [-0.39, 0.29) is 33.1 Å². The van der Waals surface area contributed by atoms with E-state index in [9.17, 15) is 9.59 Å². The van der Waals surface area contributed by atoms with Crippen LogP contribution < -0.4 is 0 Å². The zero-order valence-electron chi connectivity index (χ0n) is 10.6. The predicted molar refractivity (Wildman–Crippen MR) is 73.0 cm³/mol. The lowest BCUT2D eigenvalue weighted by atomic mass is 9.82. The Balaban J connectivity index is 2.25. The average molecular weight is 273 g/mol. The van der Waals surface area contributed by atoms with Gasteiger partial charge in [-0.05, 0) is 19.8 Å². The fraction of sp³-hybridized carbons (Fsp3) is 0.833. The largest absolute Gasteiger partial charge is 0.317 e. The molecule has 2 aliphatic heterocycles. The Labute approximate surface area is 112 Å². The summed E-state index contributed by atoms with van der Waals surface area (Å²) in [7, 11) is 0. The van der Waals surface area contributed by atoms with E-state index in [2.05, 4.69) is 26.5 Å². The molecule has 0 N–H and O–H groups in total. The van der Waals surface area contributed by atoms with Crippen LogP contribution in [0.5, 0.6) is 0 Å². The molecular formula is C12H19NO2S2. The van der Waals surface area contributed by atoms with Crippen molar-refractivity contribution in [1.29, 1.82) is 0 Å². The molecular weight excluding hydrogens is 254 g/mol. The highest BCUT2D eigenvalue weighted by atomic mass is 32.2. The number of hydrogen-bond acceptors (Lipinski definition) is 3. The lowest BCUT2D eigenvalue weighted by Crippen LogP contribution is -2.63. The molecule has 5 heteroatoms. The number of thioether (sulfide) groups is 1. The Bertz CT molecular complexity index is 370. The van der Waals surface area contributed by atoms with E-state index in [1.54, 1.807) is 16.7 Å². The highest BCUT2D eigenvalue weighted by molar-refractivity contribution is 8.02. The lowest BCUT2D eigenvalue weighted by molar-refractivity contribution is -0.158. The summed E-state index contributed by atoms with van der Waals surface area (Å²) in [6.07, 6.45) is 1.00. The summed E-state index contributed by atoms with van der Waals surface area (Å²) in [6, 6.07) is -0.367. The zero-order chi connectivity index (χ0) is 13.0. The van der Waals surface area contributed by atoms with Crippen LogP contribution in [-0.4, -0.2) is 32.1 Å². The van der Waals surface area contributed by atoms with Crippen molar-refractivity contribution in [2.75, 3.05) is 0 Å². The van der Waals surface area contributed by atoms with Crippen molar-refractivity contribution in [3.8, 4) is 0 Å². The van der Waals surface area contributed by atoms with Gasteiger partial charge in [0, 0.05) is 4.75 Å². The van der Waals surface area contributed by atoms with Crippen LogP contribution in [0.2, 0.25) is 0 Å². The van der Waals surface area contributed by atoms with Crippen molar-refractivity contribution < 1.29 is 9.59 Å². The first-order valence-electron chi connectivity index (χ1n) is 6.04. The summed E-state index contributed by atoms with van der Waals surface area (Å²) in [6.45, 7) is 8.27. The van der Waals surface area contributed by atoms with Crippen LogP contribution in [-0.2, 0) is 9.59 Å². The van der Waals surface area contributed by atoms with Crippen LogP contribution in [0.1, 0.15) is 34.1 Å². The van der Waals surface area contributed by atoms with Gasteiger partial charge in [0.1, 0.15) is 6.04 Å². The molecule has 2 fully saturated rings. The summed E-state index contributed by atoms with van der Waals surface area (Å²) in [5.41, 5.74) is 0. The smallest absolute Gasteiger partial charge is 0.230 e. The monoisotopic (exact) mass is 273 g/mol. The highest BCUT2D eigenvalue weighted by Crippen LogP contribution is 2.55. The van der Waals surface area contributed by atoms with Gasteiger partial charge in [0.05, 0.1) is 11.3 Å². The topological polar surface area (TPSA) is 37.4 Å². The van der Waals surface area contributed by atoms with Crippen LogP contribution in [0.4, 0.5) is 0 Å². The molecule has 0 radical (unpaired) electrons. The van der Waals surface area contributed by atoms with Gasteiger partial charge >= 0.3 is 0 Å². The molecule has 0 bridgehead atoms. The van der Waals surface area contributed by atoms with Crippen LogP contribution >= 0.6 is 24.4 Å². The van der Waals surface area contributed by atoms with Gasteiger partial charge in [-0.2, -0.15) is 0 Å². The van der Waals surface area contributed by atoms with Crippen molar-refractivity contribution in [3.63, 3.8) is 0 Å². The van der Waals surface area contributed by atoms with E-state index >= 15 is 0 Å². The van der Waals surface area contributed by atoms with Gasteiger partial charge in [-0.3, -0.25) is 9.59 Å². The number of amides is 1. The van der Waals surface area contributed by atoms with Gasteiger partial charge in [-0.1, -0.05) is 20.3 Å². The molecule has 2 heterocycles. The third-order valence-electron chi connectivity index (χ3n) is 3.97. The fourth-order valence-electron chi connectivity index (χ4n) is 2.82. The summed E-state index contributed by atoms with van der Waals surface area (Å²) in [5, 5.41) is -0.0190. The molecule has 2 aliphatic rings. The second-order valence-electron chi connectivity index (χ2n) is 5.51. The standard InChI is InChI=1S/C12H19NO2S2/c1-5-6(2)7-9(14)13-8(11(15)16)12(3,4)17-10(7)13/h6-8,10H,5H2,1-4H3,(H,15,16)/t6?,7-,8+,10-/m1/s1. The zero-order valence-corrected chi connectivity index (χ0v) is 12.3. The van der Waals surface area contributed by atoms with E-state index in [4.69, 9.17) is 0 Å². The minimum atomic E-state index is -0.367. The number of rotatable bonds is 3. The number of β-lactam (4-membered cyclic amide) rings is 1. The molecule has 17 heavy (non-hydrogen) atoms. The van der Waals surface area contributed by atoms with Crippen molar-refractivity contribution in [2.45, 2.75) is 50.3 Å². The third kappa shape index (κ3) is 1.82. The Kier molecular flexibility index (Phi) is 3.28. The van der Waals surface area contributed by atoms with E-state index in [1.807, 2.05) is 13.8 Å². The second-order valence-corrected chi connectivity index (χ2v) is 7.72. The molecule has 96 valence electrons. The Morgan fingerprint density at radius 2 is 2.18 bits per heavy atom. The summed E-state index contributed by atoms with van der Waals surface area (Å²) >= 11 is 5.68. The molecule has 2 saturated heterocycles. The van der Waals surface area contributed by atoms with Gasteiger partial charge in [-0.15, -0.1) is 24.4 Å². The van der Waals surface area contributed by atoms with E-state index in [1.165, 1.54) is 0 Å². The molecule has 1 amide bonds. The van der Waals surface area contributed by atoms with Crippen LogP contribution in [0.25, 0.3) is 0 Å². The Morgan fingerprint density at radius 3 is 2.65 bits per heavy atom. The van der Waals surface area contributed by atoms with Crippen LogP contribution in [0.3, 0.4) is 0 Å². The first kappa shape index (κ1) is 13.3. The van der Waals surface area contributed by atoms with E-state index in [0.29, 0.717) is 5.92 Å². The maximum absolute atomic E-state index is 12.2. The molecule has 0 aromatic carbocycles. The van der Waals surface area contributed by atoms with Gasteiger partial charge in [0.25, 0.3) is 0 Å². The number of nitrogens with zero attached hydrogens (tertiary/aromatic N) is 1. The van der Waals surface area contributed by atoms with Gasteiger partial charge < -0.3 is 4.90 Å². The molecule has 3 nitrogen and oxygen atoms in total.